The molecule has 0 saturated carbocycles. The van der Waals surface area contributed by atoms with Gasteiger partial charge in [-0.1, -0.05) is 18.1 Å². The smallest absolute Gasteiger partial charge is 0.293 e. The lowest BCUT2D eigenvalue weighted by Gasteiger charge is -2.17. The van der Waals surface area contributed by atoms with Crippen molar-refractivity contribution in [2.24, 2.45) is 5.73 Å². The first-order valence-electron chi connectivity index (χ1n) is 9.58. The number of anilines is 1. The van der Waals surface area contributed by atoms with E-state index in [4.69, 9.17) is 5.73 Å². The third-order valence-electron chi connectivity index (χ3n) is 4.85. The molecule has 0 fully saturated rings. The molecule has 0 radical (unpaired) electrons. The Hall–Kier alpha value is -3.77. The summed E-state index contributed by atoms with van der Waals surface area (Å²) >= 11 is 0. The van der Waals surface area contributed by atoms with E-state index in [9.17, 15) is 4.79 Å². The minimum Gasteiger partial charge on any atom is -0.344 e. The van der Waals surface area contributed by atoms with E-state index >= 15 is 0 Å². The van der Waals surface area contributed by atoms with Crippen LogP contribution in [0, 0.1) is 11.8 Å². The van der Waals surface area contributed by atoms with Crippen molar-refractivity contribution in [2.75, 3.05) is 25.0 Å². The molecule has 0 amide bonds. The fraction of sp³-hybridized carbons (Fsp3) is 0.286. The third kappa shape index (κ3) is 3.60. The van der Waals surface area contributed by atoms with Gasteiger partial charge in [-0.15, -0.1) is 5.92 Å². The number of likely N-dealkylation sites (N-methyl/N-ethyl adjacent to an activating group) is 1. The van der Waals surface area contributed by atoms with Crippen molar-refractivity contribution in [2.45, 2.75) is 20.0 Å². The number of nitrogens with two attached hydrogens (primary N) is 1. The van der Waals surface area contributed by atoms with Crippen molar-refractivity contribution in [3.8, 4) is 11.8 Å². The molecule has 0 aliphatic carbocycles. The Labute approximate surface area is 173 Å². The molecule has 4 rings (SSSR count). The van der Waals surface area contributed by atoms with E-state index < -0.39 is 0 Å². The third-order valence-corrected chi connectivity index (χ3v) is 4.85. The van der Waals surface area contributed by atoms with Crippen LogP contribution in [0.15, 0.2) is 41.7 Å². The number of benzene rings is 1. The summed E-state index contributed by atoms with van der Waals surface area (Å²) in [5, 5.41) is 5.28. The van der Waals surface area contributed by atoms with Crippen molar-refractivity contribution < 1.29 is 0 Å². The zero-order valence-electron chi connectivity index (χ0n) is 16.9. The molecule has 0 aliphatic heterocycles. The average molecular weight is 402 g/mol. The Kier molecular flexibility index (Phi) is 5.41. The zero-order valence-corrected chi connectivity index (χ0v) is 16.9. The van der Waals surface area contributed by atoms with Crippen LogP contribution < -0.4 is 16.2 Å². The highest BCUT2D eigenvalue weighted by atomic mass is 16.1. The van der Waals surface area contributed by atoms with Crippen molar-refractivity contribution in [1.82, 2.24) is 29.3 Å². The van der Waals surface area contributed by atoms with Crippen molar-refractivity contribution in [1.29, 1.82) is 0 Å². The Morgan fingerprint density at radius 1 is 1.23 bits per heavy atom. The Balaban J connectivity index is 1.79. The van der Waals surface area contributed by atoms with E-state index in [1.54, 1.807) is 19.3 Å². The van der Waals surface area contributed by atoms with Crippen LogP contribution in [-0.4, -0.2) is 49.4 Å². The van der Waals surface area contributed by atoms with Gasteiger partial charge in [-0.25, -0.2) is 19.6 Å². The maximum absolute atomic E-state index is 13.3. The summed E-state index contributed by atoms with van der Waals surface area (Å²) in [5.41, 5.74) is 8.25. The summed E-state index contributed by atoms with van der Waals surface area (Å²) in [5.74, 6) is 6.56. The minimum absolute atomic E-state index is 0.215. The Morgan fingerprint density at radius 2 is 2.10 bits per heavy atom. The first kappa shape index (κ1) is 19.5. The van der Waals surface area contributed by atoms with Gasteiger partial charge in [0.25, 0.3) is 5.56 Å². The maximum atomic E-state index is 13.3. The van der Waals surface area contributed by atoms with Crippen LogP contribution >= 0.6 is 0 Å². The maximum Gasteiger partial charge on any atom is 0.293 e. The molecule has 4 aromatic rings. The molecule has 9 heteroatoms. The monoisotopic (exact) mass is 402 g/mol. The molecule has 1 aromatic carbocycles. The molecule has 9 nitrogen and oxygen atoms in total. The Morgan fingerprint density at radius 3 is 2.90 bits per heavy atom. The van der Waals surface area contributed by atoms with Gasteiger partial charge in [0, 0.05) is 31.7 Å². The molecule has 0 aliphatic rings. The second kappa shape index (κ2) is 8.31. The summed E-state index contributed by atoms with van der Waals surface area (Å²) in [6, 6.07) is 5.83. The molecular formula is C21H22N8O. The summed E-state index contributed by atoms with van der Waals surface area (Å²) in [7, 11) is 1.90. The SMILES string of the molecule is CC#CCn1c(N(C)CCN)nc2cnn(Cc3ccc4cncnc4c3)c(=O)c21. The van der Waals surface area contributed by atoms with Gasteiger partial charge in [0.15, 0.2) is 0 Å². The number of hydrogen-bond donors (Lipinski definition) is 1. The first-order valence-corrected chi connectivity index (χ1v) is 9.58. The van der Waals surface area contributed by atoms with Gasteiger partial charge in [-0.05, 0) is 18.6 Å². The molecule has 0 saturated heterocycles. The molecule has 0 unspecified atom stereocenters. The fourth-order valence-electron chi connectivity index (χ4n) is 3.37. The lowest BCUT2D eigenvalue weighted by atomic mass is 10.1. The van der Waals surface area contributed by atoms with Crippen LogP contribution in [0.1, 0.15) is 12.5 Å². The number of imidazole rings is 1. The van der Waals surface area contributed by atoms with Gasteiger partial charge in [-0.2, -0.15) is 5.10 Å². The van der Waals surface area contributed by atoms with Gasteiger partial charge >= 0.3 is 0 Å². The van der Waals surface area contributed by atoms with Gasteiger partial charge in [0.1, 0.15) is 17.4 Å². The second-order valence-electron chi connectivity index (χ2n) is 6.89. The molecule has 3 heterocycles. The van der Waals surface area contributed by atoms with Crippen LogP contribution in [-0.2, 0) is 13.1 Å². The predicted molar refractivity (Wildman–Crippen MR) is 116 cm³/mol. The standard InChI is InChI=1S/C21H22N8O/c1-3-4-8-28-19-18(26-21(28)27(2)9-7-22)12-25-29(20(19)30)13-15-5-6-16-11-23-14-24-17(16)10-15/h5-6,10-12,14H,7-9,13,22H2,1-2H3. The lowest BCUT2D eigenvalue weighted by Crippen LogP contribution is -2.29. The second-order valence-corrected chi connectivity index (χ2v) is 6.89. The largest absolute Gasteiger partial charge is 0.344 e. The summed E-state index contributed by atoms with van der Waals surface area (Å²) in [4.78, 5) is 28.1. The fourth-order valence-corrected chi connectivity index (χ4v) is 3.37. The highest BCUT2D eigenvalue weighted by molar-refractivity contribution is 5.78. The molecule has 0 atom stereocenters. The highest BCUT2D eigenvalue weighted by Gasteiger charge is 2.18. The number of hydrogen-bond acceptors (Lipinski definition) is 7. The molecular weight excluding hydrogens is 380 g/mol. The van der Waals surface area contributed by atoms with Crippen LogP contribution in [0.4, 0.5) is 5.95 Å². The van der Waals surface area contributed by atoms with Gasteiger partial charge in [0.05, 0.1) is 24.8 Å². The molecule has 3 aromatic heterocycles. The summed E-state index contributed by atoms with van der Waals surface area (Å²) in [6.07, 6.45) is 4.89. The van der Waals surface area contributed by atoms with E-state index in [0.717, 1.165) is 16.5 Å². The molecule has 152 valence electrons. The van der Waals surface area contributed by atoms with Gasteiger partial charge in [-0.3, -0.25) is 9.36 Å². The van der Waals surface area contributed by atoms with Crippen LogP contribution in [0.3, 0.4) is 0 Å². The first-order chi connectivity index (χ1) is 14.6. The van der Waals surface area contributed by atoms with Crippen LogP contribution in [0.2, 0.25) is 0 Å². The zero-order chi connectivity index (χ0) is 21.1. The van der Waals surface area contributed by atoms with E-state index in [-0.39, 0.29) is 5.56 Å². The molecule has 0 spiro atoms. The van der Waals surface area contributed by atoms with Gasteiger partial charge < -0.3 is 10.6 Å². The van der Waals surface area contributed by atoms with E-state index in [2.05, 4.69) is 31.9 Å². The van der Waals surface area contributed by atoms with Crippen LogP contribution in [0.25, 0.3) is 21.9 Å². The number of fused-ring (bicyclic) bond motifs is 2. The van der Waals surface area contributed by atoms with E-state index in [0.29, 0.717) is 43.2 Å². The average Bonchev–Trinajstić information content (AvgIpc) is 3.13. The topological polar surface area (TPSA) is 108 Å². The van der Waals surface area contributed by atoms with Crippen molar-refractivity contribution in [3.05, 3.63) is 52.8 Å². The number of aromatic nitrogens is 6. The predicted octanol–water partition coefficient (Wildman–Crippen LogP) is 1.00. The molecule has 2 N–H and O–H groups in total. The minimum atomic E-state index is -0.215. The highest BCUT2D eigenvalue weighted by Crippen LogP contribution is 2.19. The number of rotatable bonds is 6. The lowest BCUT2D eigenvalue weighted by molar-refractivity contribution is 0.642. The summed E-state index contributed by atoms with van der Waals surface area (Å²) < 4.78 is 3.27. The Bertz CT molecular complexity index is 1330. The quantitative estimate of drug-likeness (QED) is 0.479. The van der Waals surface area contributed by atoms with Crippen LogP contribution in [0.5, 0.6) is 0 Å². The molecule has 0 bridgehead atoms. The van der Waals surface area contributed by atoms with E-state index in [1.807, 2.05) is 34.7 Å². The van der Waals surface area contributed by atoms with E-state index in [1.165, 1.54) is 11.0 Å². The van der Waals surface area contributed by atoms with Gasteiger partial charge in [0.2, 0.25) is 5.95 Å². The number of nitrogens with zero attached hydrogens (tertiary/aromatic N) is 7. The van der Waals surface area contributed by atoms with Crippen molar-refractivity contribution >= 4 is 27.9 Å². The molecule has 30 heavy (non-hydrogen) atoms. The summed E-state index contributed by atoms with van der Waals surface area (Å²) in [6.45, 7) is 3.55. The van der Waals surface area contributed by atoms with Crippen molar-refractivity contribution in [3.63, 3.8) is 0 Å². The normalized spacial score (nSPS) is 10.9.